The molecule has 4 aliphatic carbocycles. The Labute approximate surface area is 229 Å². The highest BCUT2D eigenvalue weighted by atomic mass is 16.5. The van der Waals surface area contributed by atoms with Crippen LogP contribution < -0.4 is 10.5 Å². The van der Waals surface area contributed by atoms with Crippen LogP contribution in [0.25, 0.3) is 32.7 Å². The molecule has 3 N–H and O–H groups in total. The number of aromatic hydroxyl groups is 1. The number of nitrogens with two attached hydrogens (primary N) is 1. The molecule has 4 aliphatic rings. The van der Waals surface area contributed by atoms with Crippen molar-refractivity contribution in [2.45, 2.75) is 43.9 Å². The molecule has 3 heteroatoms. The van der Waals surface area contributed by atoms with E-state index in [0.717, 1.165) is 45.8 Å². The zero-order chi connectivity index (χ0) is 26.1. The molecule has 5 aromatic carbocycles. The molecule has 0 saturated heterocycles. The lowest BCUT2D eigenvalue weighted by molar-refractivity contribution is -0.00596. The van der Waals surface area contributed by atoms with Crippen LogP contribution in [0.1, 0.15) is 44.1 Å². The smallest absolute Gasteiger partial charge is 0.142 e. The van der Waals surface area contributed by atoms with Crippen LogP contribution in [0.15, 0.2) is 91.0 Å². The highest BCUT2D eigenvalue weighted by molar-refractivity contribution is 6.07. The summed E-state index contributed by atoms with van der Waals surface area (Å²) in [5.41, 5.74) is 10.3. The van der Waals surface area contributed by atoms with E-state index in [1.165, 1.54) is 60.2 Å². The van der Waals surface area contributed by atoms with Gasteiger partial charge in [-0.05, 0) is 101 Å². The van der Waals surface area contributed by atoms with Gasteiger partial charge in [-0.1, -0.05) is 72.8 Å². The fraction of sp³-hybridized carbons (Fsp3) is 0.278. The molecule has 0 unspecified atom stereocenters. The van der Waals surface area contributed by atoms with Crippen molar-refractivity contribution in [3.8, 4) is 28.4 Å². The number of rotatable bonds is 4. The number of nitrogen functional groups attached to an aromatic ring is 1. The zero-order valence-electron chi connectivity index (χ0n) is 22.1. The van der Waals surface area contributed by atoms with Gasteiger partial charge in [0.05, 0.1) is 5.69 Å². The van der Waals surface area contributed by atoms with Crippen LogP contribution in [-0.2, 0) is 5.41 Å². The Balaban J connectivity index is 1.33. The zero-order valence-corrected chi connectivity index (χ0v) is 22.1. The van der Waals surface area contributed by atoms with E-state index in [1.807, 2.05) is 6.07 Å². The maximum Gasteiger partial charge on any atom is 0.142 e. The van der Waals surface area contributed by atoms with Crippen molar-refractivity contribution < 1.29 is 9.84 Å². The van der Waals surface area contributed by atoms with E-state index in [9.17, 15) is 5.11 Å². The molecule has 0 heterocycles. The van der Waals surface area contributed by atoms with Gasteiger partial charge in [0, 0.05) is 17.2 Å². The fourth-order valence-electron chi connectivity index (χ4n) is 8.70. The van der Waals surface area contributed by atoms with E-state index >= 15 is 0 Å². The number of ether oxygens (including phenoxy) is 1. The molecule has 39 heavy (non-hydrogen) atoms. The first-order chi connectivity index (χ1) is 19.1. The molecule has 0 radical (unpaired) electrons. The van der Waals surface area contributed by atoms with Crippen molar-refractivity contribution in [2.24, 2.45) is 17.8 Å². The van der Waals surface area contributed by atoms with Gasteiger partial charge < -0.3 is 15.6 Å². The van der Waals surface area contributed by atoms with E-state index in [4.69, 9.17) is 10.5 Å². The van der Waals surface area contributed by atoms with Gasteiger partial charge in [0.1, 0.15) is 17.2 Å². The second kappa shape index (κ2) is 8.51. The Hall–Kier alpha value is -3.98. The minimum Gasteiger partial charge on any atom is -0.506 e. The topological polar surface area (TPSA) is 55.5 Å². The van der Waals surface area contributed by atoms with Crippen molar-refractivity contribution in [3.05, 3.63) is 96.6 Å². The van der Waals surface area contributed by atoms with Gasteiger partial charge in [-0.3, -0.25) is 0 Å². The summed E-state index contributed by atoms with van der Waals surface area (Å²) in [4.78, 5) is 0. The first kappa shape index (κ1) is 23.0. The normalized spacial score (nSPS) is 25.4. The Bertz CT molecular complexity index is 1710. The molecular weight excluding hydrogens is 478 g/mol. The Kier molecular flexibility index (Phi) is 5.01. The van der Waals surface area contributed by atoms with Gasteiger partial charge in [0.25, 0.3) is 0 Å². The van der Waals surface area contributed by atoms with Crippen LogP contribution in [0.3, 0.4) is 0 Å². The largest absolute Gasteiger partial charge is 0.506 e. The van der Waals surface area contributed by atoms with Gasteiger partial charge in [-0.15, -0.1) is 0 Å². The van der Waals surface area contributed by atoms with Crippen LogP contribution in [0.4, 0.5) is 5.69 Å². The molecular formula is C36H33NO2. The standard InChI is InChI=1S/C36H33NO2/c37-31-17-30(36-19-22-14-23(20-36)16-24(15-22)21-36)34(18-32(31)38)39-33-13-12-26-7-2-4-10-28(26)35(33)29-11-5-8-25-6-1-3-9-27(25)29/h1-13,17-18,22-24,38H,14-16,19-21,37H2. The van der Waals surface area contributed by atoms with Crippen LogP contribution in [0.2, 0.25) is 0 Å². The van der Waals surface area contributed by atoms with E-state index in [0.29, 0.717) is 5.69 Å². The number of phenols is 1. The summed E-state index contributed by atoms with van der Waals surface area (Å²) in [6, 6.07) is 31.5. The van der Waals surface area contributed by atoms with Crippen molar-refractivity contribution in [3.63, 3.8) is 0 Å². The molecule has 0 amide bonds. The molecule has 0 aliphatic heterocycles. The highest BCUT2D eigenvalue weighted by Crippen LogP contribution is 2.62. The monoisotopic (exact) mass is 511 g/mol. The van der Waals surface area contributed by atoms with E-state index in [1.54, 1.807) is 6.07 Å². The first-order valence-corrected chi connectivity index (χ1v) is 14.4. The average molecular weight is 512 g/mol. The third-order valence-corrected chi connectivity index (χ3v) is 9.91. The van der Waals surface area contributed by atoms with Crippen LogP contribution >= 0.6 is 0 Å². The summed E-state index contributed by atoms with van der Waals surface area (Å²) in [7, 11) is 0. The van der Waals surface area contributed by atoms with Crippen molar-refractivity contribution in [1.82, 2.24) is 0 Å². The molecule has 194 valence electrons. The highest BCUT2D eigenvalue weighted by Gasteiger charge is 2.52. The molecule has 0 aromatic heterocycles. The predicted molar refractivity (Wildman–Crippen MR) is 159 cm³/mol. The molecule has 9 rings (SSSR count). The van der Waals surface area contributed by atoms with Crippen molar-refractivity contribution in [2.75, 3.05) is 5.73 Å². The Morgan fingerprint density at radius 1 is 0.667 bits per heavy atom. The van der Waals surface area contributed by atoms with Crippen LogP contribution in [0, 0.1) is 17.8 Å². The summed E-state index contributed by atoms with van der Waals surface area (Å²) in [5.74, 6) is 4.04. The summed E-state index contributed by atoms with van der Waals surface area (Å²) in [6.45, 7) is 0. The van der Waals surface area contributed by atoms with Crippen molar-refractivity contribution in [1.29, 1.82) is 0 Å². The quantitative estimate of drug-likeness (QED) is 0.187. The first-order valence-electron chi connectivity index (χ1n) is 14.4. The molecule has 5 aromatic rings. The van der Waals surface area contributed by atoms with Gasteiger partial charge in [-0.25, -0.2) is 0 Å². The average Bonchev–Trinajstić information content (AvgIpc) is 2.94. The SMILES string of the molecule is Nc1cc(C23CC4CC(CC(C4)C2)C3)c(Oc2ccc3ccccc3c2-c2cccc3ccccc23)cc1O. The molecule has 4 fully saturated rings. The predicted octanol–water partition coefficient (Wildman–Crippen LogP) is 9.21. The number of fused-ring (bicyclic) bond motifs is 2. The third-order valence-electron chi connectivity index (χ3n) is 9.91. The molecule has 4 saturated carbocycles. The lowest BCUT2D eigenvalue weighted by atomic mass is 9.48. The summed E-state index contributed by atoms with van der Waals surface area (Å²) >= 11 is 0. The second-order valence-electron chi connectivity index (χ2n) is 12.4. The lowest BCUT2D eigenvalue weighted by Gasteiger charge is -2.57. The number of hydrogen-bond acceptors (Lipinski definition) is 3. The maximum atomic E-state index is 10.8. The Morgan fingerprint density at radius 2 is 1.28 bits per heavy atom. The van der Waals surface area contributed by atoms with E-state index in [-0.39, 0.29) is 11.2 Å². The summed E-state index contributed by atoms with van der Waals surface area (Å²) in [5, 5.41) is 15.5. The minimum atomic E-state index is 0.0857. The van der Waals surface area contributed by atoms with Gasteiger partial charge >= 0.3 is 0 Å². The number of phenolic OH excluding ortho intramolecular Hbond substituents is 1. The van der Waals surface area contributed by atoms with Gasteiger partial charge in [0.15, 0.2) is 0 Å². The van der Waals surface area contributed by atoms with E-state index in [2.05, 4.69) is 78.9 Å². The lowest BCUT2D eigenvalue weighted by Crippen LogP contribution is -2.48. The van der Waals surface area contributed by atoms with Crippen LogP contribution in [-0.4, -0.2) is 5.11 Å². The van der Waals surface area contributed by atoms with Crippen molar-refractivity contribution >= 4 is 27.2 Å². The minimum absolute atomic E-state index is 0.0857. The molecule has 0 atom stereocenters. The number of hydrogen-bond donors (Lipinski definition) is 2. The summed E-state index contributed by atoms with van der Waals surface area (Å²) < 4.78 is 6.96. The fourth-order valence-corrected chi connectivity index (χ4v) is 8.70. The van der Waals surface area contributed by atoms with Crippen LogP contribution in [0.5, 0.6) is 17.2 Å². The van der Waals surface area contributed by atoms with Gasteiger partial charge in [0.2, 0.25) is 0 Å². The third kappa shape index (κ3) is 3.63. The molecule has 3 nitrogen and oxygen atoms in total. The number of anilines is 1. The molecule has 4 bridgehead atoms. The maximum absolute atomic E-state index is 10.8. The number of benzene rings is 5. The Morgan fingerprint density at radius 3 is 2.00 bits per heavy atom. The van der Waals surface area contributed by atoms with Gasteiger partial charge in [-0.2, -0.15) is 0 Å². The summed E-state index contributed by atoms with van der Waals surface area (Å²) in [6.07, 6.45) is 7.73. The van der Waals surface area contributed by atoms with E-state index < -0.39 is 0 Å². The molecule has 0 spiro atoms. The second-order valence-corrected chi connectivity index (χ2v) is 12.4.